The van der Waals surface area contributed by atoms with E-state index in [1.165, 1.54) is 41.7 Å². The van der Waals surface area contributed by atoms with E-state index >= 15 is 0 Å². The molecular weight excluding hydrogens is 410 g/mol. The second-order valence-corrected chi connectivity index (χ2v) is 9.11. The summed E-state index contributed by atoms with van der Waals surface area (Å²) in [5.74, 6) is 0. The SMILES string of the molecule is Cc1ccc(S(=O)(=O)Nc2ccc([N+](=O)[O-])cc2-c2nc3ccccc3s2)cc1. The van der Waals surface area contributed by atoms with Gasteiger partial charge >= 0.3 is 0 Å². The molecule has 0 aliphatic rings. The number of para-hydroxylation sites is 1. The number of thiazole rings is 1. The summed E-state index contributed by atoms with van der Waals surface area (Å²) in [6.07, 6.45) is 0. The minimum Gasteiger partial charge on any atom is -0.279 e. The van der Waals surface area contributed by atoms with Gasteiger partial charge in [-0.25, -0.2) is 13.4 Å². The van der Waals surface area contributed by atoms with E-state index in [9.17, 15) is 18.5 Å². The van der Waals surface area contributed by atoms with Crippen LogP contribution in [0.15, 0.2) is 71.6 Å². The number of aromatic nitrogens is 1. The average molecular weight is 425 g/mol. The van der Waals surface area contributed by atoms with Gasteiger partial charge in [-0.05, 0) is 37.3 Å². The van der Waals surface area contributed by atoms with E-state index in [4.69, 9.17) is 0 Å². The zero-order chi connectivity index (χ0) is 20.6. The second-order valence-electron chi connectivity index (χ2n) is 6.39. The maximum atomic E-state index is 12.8. The van der Waals surface area contributed by atoms with Crippen molar-refractivity contribution in [1.82, 2.24) is 4.98 Å². The van der Waals surface area contributed by atoms with Crippen molar-refractivity contribution in [3.05, 3.63) is 82.4 Å². The predicted octanol–water partition coefficient (Wildman–Crippen LogP) is 4.98. The van der Waals surface area contributed by atoms with Gasteiger partial charge in [0.25, 0.3) is 15.7 Å². The third-order valence-electron chi connectivity index (χ3n) is 4.31. The molecule has 7 nitrogen and oxygen atoms in total. The van der Waals surface area contributed by atoms with E-state index in [2.05, 4.69) is 9.71 Å². The van der Waals surface area contributed by atoms with Crippen molar-refractivity contribution < 1.29 is 13.3 Å². The number of sulfonamides is 1. The lowest BCUT2D eigenvalue weighted by Crippen LogP contribution is -2.13. The number of nitrogens with zero attached hydrogens (tertiary/aromatic N) is 2. The number of aryl methyl sites for hydroxylation is 1. The van der Waals surface area contributed by atoms with Gasteiger partial charge in [0.2, 0.25) is 0 Å². The van der Waals surface area contributed by atoms with Gasteiger partial charge in [-0.3, -0.25) is 14.8 Å². The van der Waals surface area contributed by atoms with Crippen molar-refractivity contribution in [3.63, 3.8) is 0 Å². The molecule has 146 valence electrons. The summed E-state index contributed by atoms with van der Waals surface area (Å²) in [6, 6.07) is 17.9. The highest BCUT2D eigenvalue weighted by Crippen LogP contribution is 2.37. The van der Waals surface area contributed by atoms with E-state index in [-0.39, 0.29) is 16.3 Å². The lowest BCUT2D eigenvalue weighted by molar-refractivity contribution is -0.384. The van der Waals surface area contributed by atoms with E-state index in [0.717, 1.165) is 15.8 Å². The Morgan fingerprint density at radius 3 is 2.45 bits per heavy atom. The van der Waals surface area contributed by atoms with Crippen LogP contribution in [0.1, 0.15) is 5.56 Å². The fourth-order valence-electron chi connectivity index (χ4n) is 2.82. The van der Waals surface area contributed by atoms with Crippen LogP contribution in [-0.2, 0) is 10.0 Å². The Morgan fingerprint density at radius 2 is 1.76 bits per heavy atom. The number of nitro groups is 1. The van der Waals surface area contributed by atoms with Gasteiger partial charge < -0.3 is 0 Å². The van der Waals surface area contributed by atoms with Crippen LogP contribution < -0.4 is 4.72 Å². The van der Waals surface area contributed by atoms with Crippen LogP contribution in [0, 0.1) is 17.0 Å². The Bertz CT molecular complexity index is 1300. The molecule has 0 amide bonds. The maximum absolute atomic E-state index is 12.8. The Hall–Kier alpha value is -3.30. The fraction of sp³-hybridized carbons (Fsp3) is 0.0500. The molecule has 0 aliphatic carbocycles. The molecule has 4 rings (SSSR count). The minimum absolute atomic E-state index is 0.108. The molecule has 9 heteroatoms. The van der Waals surface area contributed by atoms with Crippen LogP contribution >= 0.6 is 11.3 Å². The van der Waals surface area contributed by atoms with Crippen molar-refractivity contribution in [2.75, 3.05) is 4.72 Å². The summed E-state index contributed by atoms with van der Waals surface area (Å²) < 4.78 is 29.1. The Kier molecular flexibility index (Phi) is 4.77. The summed E-state index contributed by atoms with van der Waals surface area (Å²) in [7, 11) is -3.87. The molecule has 0 bridgehead atoms. The van der Waals surface area contributed by atoms with Gasteiger partial charge in [-0.1, -0.05) is 29.8 Å². The van der Waals surface area contributed by atoms with Crippen molar-refractivity contribution in [3.8, 4) is 10.6 Å². The van der Waals surface area contributed by atoms with Gasteiger partial charge in [-0.2, -0.15) is 0 Å². The summed E-state index contributed by atoms with van der Waals surface area (Å²) in [5.41, 5.74) is 2.13. The number of benzene rings is 3. The molecule has 0 saturated carbocycles. The van der Waals surface area contributed by atoms with E-state index in [1.807, 2.05) is 31.2 Å². The quantitative estimate of drug-likeness (QED) is 0.359. The lowest BCUT2D eigenvalue weighted by atomic mass is 10.1. The highest BCUT2D eigenvalue weighted by atomic mass is 32.2. The molecule has 29 heavy (non-hydrogen) atoms. The molecule has 4 aromatic rings. The normalized spacial score (nSPS) is 11.5. The van der Waals surface area contributed by atoms with Crippen LogP contribution in [0.4, 0.5) is 11.4 Å². The van der Waals surface area contributed by atoms with Gasteiger partial charge in [0.1, 0.15) is 5.01 Å². The topological polar surface area (TPSA) is 102 Å². The number of nitro benzene ring substituents is 1. The molecule has 0 atom stereocenters. The first-order chi connectivity index (χ1) is 13.8. The van der Waals surface area contributed by atoms with Crippen LogP contribution in [0.5, 0.6) is 0 Å². The standard InChI is InChI=1S/C20H15N3O4S2/c1-13-6-9-15(10-7-13)29(26,27)22-17-11-8-14(23(24)25)12-16(17)20-21-18-4-2-3-5-19(18)28-20/h2-12,22H,1H3. The highest BCUT2D eigenvalue weighted by Gasteiger charge is 2.20. The molecule has 1 heterocycles. The monoisotopic (exact) mass is 425 g/mol. The summed E-state index contributed by atoms with van der Waals surface area (Å²) >= 11 is 1.34. The van der Waals surface area contributed by atoms with Gasteiger partial charge in [0.15, 0.2) is 0 Å². The molecule has 0 fully saturated rings. The zero-order valence-electron chi connectivity index (χ0n) is 15.2. The molecule has 1 aromatic heterocycles. The number of rotatable bonds is 5. The molecule has 0 radical (unpaired) electrons. The van der Waals surface area contributed by atoms with Gasteiger partial charge in [0.05, 0.1) is 25.7 Å². The number of fused-ring (bicyclic) bond motifs is 1. The van der Waals surface area contributed by atoms with Gasteiger partial charge in [-0.15, -0.1) is 11.3 Å². The Labute approximate surface area is 170 Å². The summed E-state index contributed by atoms with van der Waals surface area (Å²) in [5, 5.41) is 11.8. The van der Waals surface area contributed by atoms with Crippen LogP contribution in [0.3, 0.4) is 0 Å². The highest BCUT2D eigenvalue weighted by molar-refractivity contribution is 7.92. The van der Waals surface area contributed by atoms with Crippen LogP contribution in [0.25, 0.3) is 20.8 Å². The lowest BCUT2D eigenvalue weighted by Gasteiger charge is -2.11. The number of hydrogen-bond donors (Lipinski definition) is 1. The maximum Gasteiger partial charge on any atom is 0.270 e. The third kappa shape index (κ3) is 3.82. The van der Waals surface area contributed by atoms with Crippen molar-refractivity contribution in [2.45, 2.75) is 11.8 Å². The minimum atomic E-state index is -3.87. The number of non-ortho nitro benzene ring substituents is 1. The fourth-order valence-corrected chi connectivity index (χ4v) is 4.90. The van der Waals surface area contributed by atoms with E-state index in [1.54, 1.807) is 12.1 Å². The smallest absolute Gasteiger partial charge is 0.270 e. The first-order valence-electron chi connectivity index (χ1n) is 8.57. The average Bonchev–Trinajstić information content (AvgIpc) is 3.12. The third-order valence-corrected chi connectivity index (χ3v) is 6.76. The van der Waals surface area contributed by atoms with Crippen LogP contribution in [0.2, 0.25) is 0 Å². The predicted molar refractivity (Wildman–Crippen MR) is 114 cm³/mol. The number of nitrogens with one attached hydrogen (secondary N) is 1. The first kappa shape index (κ1) is 19.0. The molecular formula is C20H15N3O4S2. The zero-order valence-corrected chi connectivity index (χ0v) is 16.8. The van der Waals surface area contributed by atoms with E-state index < -0.39 is 14.9 Å². The second kappa shape index (κ2) is 7.26. The largest absolute Gasteiger partial charge is 0.279 e. The van der Waals surface area contributed by atoms with Crippen molar-refractivity contribution in [1.29, 1.82) is 0 Å². The molecule has 0 saturated heterocycles. The molecule has 1 N–H and O–H groups in total. The summed E-state index contributed by atoms with van der Waals surface area (Å²) in [4.78, 5) is 15.4. The summed E-state index contributed by atoms with van der Waals surface area (Å²) in [6.45, 7) is 1.87. The van der Waals surface area contributed by atoms with Crippen molar-refractivity contribution in [2.24, 2.45) is 0 Å². The number of hydrogen-bond acceptors (Lipinski definition) is 6. The Morgan fingerprint density at radius 1 is 1.03 bits per heavy atom. The van der Waals surface area contributed by atoms with E-state index in [0.29, 0.717) is 10.6 Å². The molecule has 3 aromatic carbocycles. The molecule has 0 spiro atoms. The van der Waals surface area contributed by atoms with Crippen LogP contribution in [-0.4, -0.2) is 18.3 Å². The first-order valence-corrected chi connectivity index (χ1v) is 10.9. The molecule has 0 unspecified atom stereocenters. The Balaban J connectivity index is 1.82. The van der Waals surface area contributed by atoms with Crippen molar-refractivity contribution >= 4 is 43.0 Å². The van der Waals surface area contributed by atoms with Gasteiger partial charge in [0, 0.05) is 17.7 Å². The number of anilines is 1. The molecule has 0 aliphatic heterocycles.